The zero-order chi connectivity index (χ0) is 17.9. The van der Waals surface area contributed by atoms with Crippen LogP contribution in [0.15, 0.2) is 48.7 Å². The Hall–Kier alpha value is -1.82. The SMILES string of the molecule is Nc1ccnc2c1CC=C2CN1C[C@H](CSCc2ccccc2)[C@H](O)C1. The number of fused-ring (bicyclic) bond motifs is 1. The number of nitrogens with two attached hydrogens (primary N) is 1. The van der Waals surface area contributed by atoms with E-state index in [1.807, 2.05) is 23.9 Å². The van der Waals surface area contributed by atoms with Crippen molar-refractivity contribution in [3.05, 3.63) is 65.5 Å². The van der Waals surface area contributed by atoms with Gasteiger partial charge in [-0.3, -0.25) is 9.88 Å². The quantitative estimate of drug-likeness (QED) is 0.822. The summed E-state index contributed by atoms with van der Waals surface area (Å²) in [6.45, 7) is 2.53. The molecule has 0 saturated carbocycles. The Balaban J connectivity index is 1.30. The van der Waals surface area contributed by atoms with Crippen molar-refractivity contribution < 1.29 is 5.11 Å². The first-order valence-electron chi connectivity index (χ1n) is 9.15. The molecule has 0 amide bonds. The Morgan fingerprint density at radius 1 is 1.19 bits per heavy atom. The highest BCUT2D eigenvalue weighted by atomic mass is 32.2. The maximum Gasteiger partial charge on any atom is 0.0727 e. The second kappa shape index (κ2) is 7.82. The molecule has 5 heteroatoms. The maximum atomic E-state index is 10.5. The third-order valence-corrected chi connectivity index (χ3v) is 6.47. The Morgan fingerprint density at radius 3 is 2.88 bits per heavy atom. The van der Waals surface area contributed by atoms with Gasteiger partial charge in [0.15, 0.2) is 0 Å². The van der Waals surface area contributed by atoms with Gasteiger partial charge in [0, 0.05) is 54.5 Å². The van der Waals surface area contributed by atoms with Crippen LogP contribution in [-0.4, -0.2) is 46.5 Å². The van der Waals surface area contributed by atoms with Gasteiger partial charge in [-0.15, -0.1) is 0 Å². The molecule has 26 heavy (non-hydrogen) atoms. The molecule has 136 valence electrons. The van der Waals surface area contributed by atoms with Crippen molar-refractivity contribution in [1.82, 2.24) is 9.88 Å². The van der Waals surface area contributed by atoms with Crippen molar-refractivity contribution in [3.63, 3.8) is 0 Å². The number of benzene rings is 1. The number of nitrogens with zero attached hydrogens (tertiary/aromatic N) is 2. The summed E-state index contributed by atoms with van der Waals surface area (Å²) in [7, 11) is 0. The number of thioether (sulfide) groups is 1. The van der Waals surface area contributed by atoms with E-state index < -0.39 is 0 Å². The van der Waals surface area contributed by atoms with Crippen LogP contribution in [0.5, 0.6) is 0 Å². The van der Waals surface area contributed by atoms with E-state index >= 15 is 0 Å². The highest BCUT2D eigenvalue weighted by molar-refractivity contribution is 7.98. The van der Waals surface area contributed by atoms with Gasteiger partial charge in [0.25, 0.3) is 0 Å². The van der Waals surface area contributed by atoms with Gasteiger partial charge in [-0.1, -0.05) is 36.4 Å². The average molecular weight is 368 g/mol. The number of allylic oxidation sites excluding steroid dienone is 1. The summed E-state index contributed by atoms with van der Waals surface area (Å²) in [6.07, 6.45) is 4.65. The smallest absolute Gasteiger partial charge is 0.0727 e. The molecule has 0 unspecified atom stereocenters. The van der Waals surface area contributed by atoms with Gasteiger partial charge >= 0.3 is 0 Å². The first kappa shape index (κ1) is 17.6. The van der Waals surface area contributed by atoms with E-state index in [-0.39, 0.29) is 6.10 Å². The lowest BCUT2D eigenvalue weighted by Gasteiger charge is -2.17. The normalized spacial score (nSPS) is 22.4. The highest BCUT2D eigenvalue weighted by Gasteiger charge is 2.32. The van der Waals surface area contributed by atoms with Crippen molar-refractivity contribution in [3.8, 4) is 0 Å². The van der Waals surface area contributed by atoms with E-state index in [1.165, 1.54) is 11.1 Å². The summed E-state index contributed by atoms with van der Waals surface area (Å²) in [5.74, 6) is 2.33. The second-order valence-electron chi connectivity index (χ2n) is 7.18. The fraction of sp³-hybridized carbons (Fsp3) is 0.381. The zero-order valence-corrected chi connectivity index (χ0v) is 15.7. The standard InChI is InChI=1S/C21H25N3OS/c22-19-8-9-23-21-16(6-7-18(19)21)10-24-11-17(20(25)12-24)14-26-13-15-4-2-1-3-5-15/h1-6,8-9,17,20,25H,7,10-14H2,(H2,22,23)/t17-,20-/m1/s1. The average Bonchev–Trinajstić information content (AvgIpc) is 3.21. The molecule has 1 fully saturated rings. The van der Waals surface area contributed by atoms with Crippen LogP contribution >= 0.6 is 11.8 Å². The lowest BCUT2D eigenvalue weighted by Crippen LogP contribution is -2.24. The number of nitrogen functional groups attached to an aromatic ring is 1. The number of anilines is 1. The number of aliphatic hydroxyl groups excluding tert-OH is 1. The molecule has 2 heterocycles. The summed E-state index contributed by atoms with van der Waals surface area (Å²) in [5.41, 5.74) is 11.7. The third kappa shape index (κ3) is 3.80. The van der Waals surface area contributed by atoms with Crippen LogP contribution in [0, 0.1) is 5.92 Å². The van der Waals surface area contributed by atoms with Gasteiger partial charge < -0.3 is 10.8 Å². The van der Waals surface area contributed by atoms with Gasteiger partial charge in [-0.05, 0) is 23.6 Å². The molecule has 4 nitrogen and oxygen atoms in total. The molecule has 0 radical (unpaired) electrons. The summed E-state index contributed by atoms with van der Waals surface area (Å²) in [6, 6.07) is 12.4. The van der Waals surface area contributed by atoms with Crippen LogP contribution < -0.4 is 5.73 Å². The van der Waals surface area contributed by atoms with E-state index in [1.54, 1.807) is 6.20 Å². The van der Waals surface area contributed by atoms with Crippen molar-refractivity contribution in [1.29, 1.82) is 0 Å². The minimum Gasteiger partial charge on any atom is -0.398 e. The Kier molecular flexibility index (Phi) is 5.29. The minimum atomic E-state index is -0.242. The lowest BCUT2D eigenvalue weighted by atomic mass is 10.1. The summed E-state index contributed by atoms with van der Waals surface area (Å²) >= 11 is 1.91. The van der Waals surface area contributed by atoms with E-state index in [0.29, 0.717) is 5.92 Å². The topological polar surface area (TPSA) is 62.4 Å². The number of aliphatic hydroxyl groups is 1. The fourth-order valence-corrected chi connectivity index (χ4v) is 5.01. The molecule has 1 aromatic carbocycles. The third-order valence-electron chi connectivity index (χ3n) is 5.27. The largest absolute Gasteiger partial charge is 0.398 e. The number of aromatic nitrogens is 1. The lowest BCUT2D eigenvalue weighted by molar-refractivity contribution is 0.151. The van der Waals surface area contributed by atoms with Gasteiger partial charge in [-0.2, -0.15) is 11.8 Å². The highest BCUT2D eigenvalue weighted by Crippen LogP contribution is 2.31. The number of hydrogen-bond acceptors (Lipinski definition) is 5. The van der Waals surface area contributed by atoms with Crippen LogP contribution in [0.25, 0.3) is 5.57 Å². The summed E-state index contributed by atoms with van der Waals surface area (Å²) in [5, 5.41) is 10.5. The first-order chi connectivity index (χ1) is 12.7. The van der Waals surface area contributed by atoms with Crippen molar-refractivity contribution >= 4 is 23.0 Å². The van der Waals surface area contributed by atoms with Gasteiger partial charge in [0.05, 0.1) is 11.8 Å². The number of hydrogen-bond donors (Lipinski definition) is 2. The maximum absolute atomic E-state index is 10.5. The molecule has 1 aromatic heterocycles. The number of β-amino-alcohol motifs (C(OH)–C–C–N with tert-alkyl or cyclic N) is 1. The van der Waals surface area contributed by atoms with Crippen molar-refractivity contribution in [2.45, 2.75) is 18.3 Å². The molecule has 0 spiro atoms. The molecule has 0 bridgehead atoms. The molecule has 3 N–H and O–H groups in total. The number of likely N-dealkylation sites (tertiary alicyclic amines) is 1. The van der Waals surface area contributed by atoms with Crippen LogP contribution in [0.3, 0.4) is 0 Å². The summed E-state index contributed by atoms with van der Waals surface area (Å²) in [4.78, 5) is 6.87. The van der Waals surface area contributed by atoms with Crippen LogP contribution in [0.2, 0.25) is 0 Å². The van der Waals surface area contributed by atoms with E-state index in [2.05, 4.69) is 40.2 Å². The Bertz CT molecular complexity index is 793. The number of pyridine rings is 1. The van der Waals surface area contributed by atoms with Crippen molar-refractivity contribution in [2.75, 3.05) is 31.1 Å². The predicted octanol–water partition coefficient (Wildman–Crippen LogP) is 2.83. The van der Waals surface area contributed by atoms with E-state index in [0.717, 1.165) is 54.5 Å². The van der Waals surface area contributed by atoms with Crippen molar-refractivity contribution in [2.24, 2.45) is 5.92 Å². The van der Waals surface area contributed by atoms with Crippen LogP contribution in [0.1, 0.15) is 16.8 Å². The zero-order valence-electron chi connectivity index (χ0n) is 14.8. The first-order valence-corrected chi connectivity index (χ1v) is 10.3. The minimum absolute atomic E-state index is 0.242. The van der Waals surface area contributed by atoms with Crippen LogP contribution in [0.4, 0.5) is 5.69 Å². The van der Waals surface area contributed by atoms with Gasteiger partial charge in [-0.25, -0.2) is 0 Å². The molecule has 4 rings (SSSR count). The Labute approximate surface area is 159 Å². The molecule has 2 atom stereocenters. The second-order valence-corrected chi connectivity index (χ2v) is 8.21. The van der Waals surface area contributed by atoms with E-state index in [4.69, 9.17) is 5.73 Å². The Morgan fingerprint density at radius 2 is 2.04 bits per heavy atom. The molecule has 1 aliphatic carbocycles. The molecular formula is C21H25N3OS. The molecular weight excluding hydrogens is 342 g/mol. The summed E-state index contributed by atoms with van der Waals surface area (Å²) < 4.78 is 0. The molecule has 2 aromatic rings. The van der Waals surface area contributed by atoms with Gasteiger partial charge in [0.2, 0.25) is 0 Å². The van der Waals surface area contributed by atoms with Crippen LogP contribution in [-0.2, 0) is 12.2 Å². The molecule has 2 aliphatic rings. The predicted molar refractivity (Wildman–Crippen MR) is 109 cm³/mol. The fourth-order valence-electron chi connectivity index (χ4n) is 3.84. The van der Waals surface area contributed by atoms with Gasteiger partial charge in [0.1, 0.15) is 0 Å². The molecule has 1 aliphatic heterocycles. The monoisotopic (exact) mass is 367 g/mol. The molecule has 1 saturated heterocycles. The van der Waals surface area contributed by atoms with E-state index in [9.17, 15) is 5.11 Å². The number of rotatable bonds is 6.